The van der Waals surface area contributed by atoms with Crippen LogP contribution in [-0.4, -0.2) is 38.7 Å². The van der Waals surface area contributed by atoms with Gasteiger partial charge in [-0.1, -0.05) is 45.2 Å². The normalized spacial score (nSPS) is 18.3. The van der Waals surface area contributed by atoms with E-state index in [1.807, 2.05) is 43.3 Å². The van der Waals surface area contributed by atoms with Crippen molar-refractivity contribution in [1.29, 1.82) is 0 Å². The molecule has 3 rings (SSSR count). The average Bonchev–Trinajstić information content (AvgIpc) is 3.29. The summed E-state index contributed by atoms with van der Waals surface area (Å²) in [6, 6.07) is 11.9. The van der Waals surface area contributed by atoms with Gasteiger partial charge in [-0.05, 0) is 55.2 Å². The number of hydrogen-bond donors (Lipinski definition) is 1. The van der Waals surface area contributed by atoms with Crippen molar-refractivity contribution in [3.63, 3.8) is 0 Å². The average molecular weight is 532 g/mol. The number of aryl methyl sites for hydroxylation is 1. The molecule has 0 radical (unpaired) electrons. The second-order valence-electron chi connectivity index (χ2n) is 9.76. The van der Waals surface area contributed by atoms with Gasteiger partial charge in [-0.25, -0.2) is 8.42 Å². The van der Waals surface area contributed by atoms with Crippen LogP contribution in [-0.2, 0) is 31.4 Å². The summed E-state index contributed by atoms with van der Waals surface area (Å²) in [6.07, 6.45) is 6.79. The summed E-state index contributed by atoms with van der Waals surface area (Å²) in [5.41, 5.74) is 1.44. The summed E-state index contributed by atoms with van der Waals surface area (Å²) in [5.74, 6) is -0.576. The highest BCUT2D eigenvalue weighted by Gasteiger charge is 2.38. The number of rotatable bonds is 13. The van der Waals surface area contributed by atoms with E-state index in [1.165, 1.54) is 17.7 Å². The predicted molar refractivity (Wildman–Crippen MR) is 146 cm³/mol. The molecule has 0 fully saturated rings. The fourth-order valence-corrected chi connectivity index (χ4v) is 6.18. The van der Waals surface area contributed by atoms with Gasteiger partial charge in [0, 0.05) is 34.4 Å². The van der Waals surface area contributed by atoms with Gasteiger partial charge in [0.1, 0.15) is 11.5 Å². The fourth-order valence-electron chi connectivity index (χ4n) is 4.47. The number of thiophene rings is 1. The molecule has 6 nitrogen and oxygen atoms in total. The Kier molecular flexibility index (Phi) is 9.53. The van der Waals surface area contributed by atoms with E-state index in [9.17, 15) is 18.0 Å². The van der Waals surface area contributed by atoms with Crippen LogP contribution in [0.15, 0.2) is 42.0 Å². The van der Waals surface area contributed by atoms with Crippen molar-refractivity contribution in [1.82, 2.24) is 5.32 Å². The Bertz CT molecular complexity index is 1210. The van der Waals surface area contributed by atoms with Crippen LogP contribution < -0.4 is 10.1 Å². The van der Waals surface area contributed by atoms with Gasteiger partial charge in [-0.2, -0.15) is 0 Å². The number of hydrogen-bond acceptors (Lipinski definition) is 6. The minimum absolute atomic E-state index is 0.200. The number of ketones is 1. The molecule has 1 aromatic heterocycles. The minimum Gasteiger partial charge on any atom is -0.494 e. The van der Waals surface area contributed by atoms with E-state index < -0.39 is 26.9 Å². The third-order valence-electron chi connectivity index (χ3n) is 6.42. The van der Waals surface area contributed by atoms with Crippen molar-refractivity contribution < 1.29 is 22.7 Å². The second kappa shape index (κ2) is 12.2. The highest BCUT2D eigenvalue weighted by molar-refractivity contribution is 7.91. The van der Waals surface area contributed by atoms with Crippen LogP contribution in [0, 0.1) is 0 Å². The van der Waals surface area contributed by atoms with Gasteiger partial charge in [-0.3, -0.25) is 9.59 Å². The molecule has 1 aliphatic rings. The Balaban J connectivity index is 1.86. The summed E-state index contributed by atoms with van der Waals surface area (Å²) < 4.78 is 29.2. The molecule has 2 heterocycles. The number of benzene rings is 1. The molecule has 0 aliphatic carbocycles. The van der Waals surface area contributed by atoms with Crippen molar-refractivity contribution in [2.24, 2.45) is 0 Å². The zero-order valence-corrected chi connectivity index (χ0v) is 23.3. The summed E-state index contributed by atoms with van der Waals surface area (Å²) in [6.45, 7) is 6.92. The SMILES string of the molecule is CCCCCCOc1ccc([C@]2(C)CC(c3ccc(CC)s3)=C(CC(=O)CS(C)(=O)=O)C(=O)N2)cc1. The molecule has 1 aliphatic heterocycles. The maximum absolute atomic E-state index is 13.3. The molecule has 0 unspecified atom stereocenters. The molecule has 0 spiro atoms. The highest BCUT2D eigenvalue weighted by atomic mass is 32.2. The Morgan fingerprint density at radius 2 is 1.81 bits per heavy atom. The molecule has 196 valence electrons. The number of carbonyl (C=O) groups excluding carboxylic acids is 2. The first-order chi connectivity index (χ1) is 17.0. The van der Waals surface area contributed by atoms with E-state index in [2.05, 4.69) is 19.2 Å². The van der Waals surface area contributed by atoms with E-state index >= 15 is 0 Å². The van der Waals surface area contributed by atoms with Crippen LogP contribution in [0.4, 0.5) is 0 Å². The number of carbonyl (C=O) groups is 2. The lowest BCUT2D eigenvalue weighted by Gasteiger charge is -2.37. The quantitative estimate of drug-likeness (QED) is 0.347. The van der Waals surface area contributed by atoms with Crippen LogP contribution in [0.5, 0.6) is 5.75 Å². The minimum atomic E-state index is -3.47. The molecule has 1 aromatic carbocycles. The van der Waals surface area contributed by atoms with Crippen LogP contribution in [0.2, 0.25) is 0 Å². The number of nitrogens with one attached hydrogen (secondary N) is 1. The van der Waals surface area contributed by atoms with Gasteiger partial charge >= 0.3 is 0 Å². The lowest BCUT2D eigenvalue weighted by Crippen LogP contribution is -2.48. The molecule has 1 amide bonds. The number of sulfone groups is 1. The summed E-state index contributed by atoms with van der Waals surface area (Å²) >= 11 is 1.61. The van der Waals surface area contributed by atoms with Gasteiger partial charge in [0.2, 0.25) is 5.91 Å². The summed E-state index contributed by atoms with van der Waals surface area (Å²) in [5, 5.41) is 3.10. The van der Waals surface area contributed by atoms with Gasteiger partial charge in [0.25, 0.3) is 0 Å². The predicted octanol–water partition coefficient (Wildman–Crippen LogP) is 5.46. The number of amides is 1. The van der Waals surface area contributed by atoms with E-state index in [0.29, 0.717) is 18.6 Å². The van der Waals surface area contributed by atoms with Gasteiger partial charge in [-0.15, -0.1) is 11.3 Å². The lowest BCUT2D eigenvalue weighted by molar-refractivity contribution is -0.122. The molecular weight excluding hydrogens is 494 g/mol. The molecule has 0 saturated carbocycles. The maximum atomic E-state index is 13.3. The highest BCUT2D eigenvalue weighted by Crippen LogP contribution is 2.41. The Morgan fingerprint density at radius 1 is 1.08 bits per heavy atom. The standard InChI is InChI=1S/C28H37NO5S2/c1-5-7-8-9-16-34-22-12-10-20(11-13-22)28(3)18-25(26-15-14-23(6-2)35-26)24(27(31)29-28)17-21(30)19-36(4,32)33/h10-15H,5-9,16-19H2,1-4H3,(H,29,31)/t28-/m0/s1. The van der Waals surface area contributed by atoms with Crippen LogP contribution in [0.25, 0.3) is 5.57 Å². The van der Waals surface area contributed by atoms with Gasteiger partial charge < -0.3 is 10.1 Å². The molecule has 2 aromatic rings. The maximum Gasteiger partial charge on any atom is 0.248 e. The first-order valence-electron chi connectivity index (χ1n) is 12.6. The summed E-state index contributed by atoms with van der Waals surface area (Å²) in [7, 11) is -3.47. The largest absolute Gasteiger partial charge is 0.494 e. The van der Waals surface area contributed by atoms with Gasteiger partial charge in [0.15, 0.2) is 15.6 Å². The smallest absolute Gasteiger partial charge is 0.248 e. The zero-order chi connectivity index (χ0) is 26.3. The summed E-state index contributed by atoms with van der Waals surface area (Å²) in [4.78, 5) is 28.0. The Hall–Kier alpha value is -2.45. The molecule has 0 bridgehead atoms. The van der Waals surface area contributed by atoms with E-state index in [1.54, 1.807) is 11.3 Å². The van der Waals surface area contributed by atoms with Crippen molar-refractivity contribution >= 4 is 38.4 Å². The van der Waals surface area contributed by atoms with E-state index in [-0.39, 0.29) is 12.3 Å². The molecule has 1 atom stereocenters. The first kappa shape index (κ1) is 28.1. The Morgan fingerprint density at radius 3 is 2.42 bits per heavy atom. The van der Waals surface area contributed by atoms with E-state index in [4.69, 9.17) is 4.74 Å². The molecule has 8 heteroatoms. The topological polar surface area (TPSA) is 89.5 Å². The fraction of sp³-hybridized carbons (Fsp3) is 0.500. The zero-order valence-electron chi connectivity index (χ0n) is 21.7. The molecule has 0 saturated heterocycles. The van der Waals surface area contributed by atoms with Crippen LogP contribution in [0.3, 0.4) is 0 Å². The number of unbranched alkanes of at least 4 members (excludes halogenated alkanes) is 3. The van der Waals surface area contributed by atoms with Crippen molar-refractivity contribution in [3.8, 4) is 5.75 Å². The first-order valence-corrected chi connectivity index (χ1v) is 15.5. The van der Waals surface area contributed by atoms with Crippen molar-refractivity contribution in [3.05, 3.63) is 57.3 Å². The van der Waals surface area contributed by atoms with E-state index in [0.717, 1.165) is 47.3 Å². The number of ether oxygens (including phenoxy) is 1. The molecular formula is C28H37NO5S2. The lowest BCUT2D eigenvalue weighted by atomic mass is 9.79. The Labute approximate surface area is 219 Å². The number of Topliss-reactive ketones (excluding diaryl/α,β-unsaturated/α-hetero) is 1. The molecule has 36 heavy (non-hydrogen) atoms. The second-order valence-corrected chi connectivity index (χ2v) is 13.1. The third kappa shape index (κ3) is 7.53. The monoisotopic (exact) mass is 531 g/mol. The van der Waals surface area contributed by atoms with Gasteiger partial charge in [0.05, 0.1) is 12.1 Å². The third-order valence-corrected chi connectivity index (χ3v) is 8.56. The molecule has 1 N–H and O–H groups in total. The van der Waals surface area contributed by atoms with Crippen LogP contribution in [0.1, 0.15) is 74.6 Å². The van der Waals surface area contributed by atoms with Crippen LogP contribution >= 0.6 is 11.3 Å². The van der Waals surface area contributed by atoms with Crippen molar-refractivity contribution in [2.75, 3.05) is 18.6 Å². The van der Waals surface area contributed by atoms with Crippen molar-refractivity contribution in [2.45, 2.75) is 71.3 Å².